The molecule has 0 amide bonds. The molecule has 31 heavy (non-hydrogen) atoms. The van der Waals surface area contributed by atoms with E-state index in [1.54, 1.807) is 12.4 Å². The molecule has 0 radical (unpaired) electrons. The molecule has 156 valence electrons. The van der Waals surface area contributed by atoms with Crippen molar-refractivity contribution in [1.29, 1.82) is 0 Å². The van der Waals surface area contributed by atoms with Crippen LogP contribution in [0, 0.1) is 0 Å². The lowest BCUT2D eigenvalue weighted by atomic mass is 10.1. The summed E-state index contributed by atoms with van der Waals surface area (Å²) in [4.78, 5) is 10.9. The lowest BCUT2D eigenvalue weighted by Gasteiger charge is -2.15. The lowest BCUT2D eigenvalue weighted by Crippen LogP contribution is -2.08. The number of hydrogen-bond acceptors (Lipinski definition) is 7. The Morgan fingerprint density at radius 2 is 1.71 bits per heavy atom. The van der Waals surface area contributed by atoms with Crippen molar-refractivity contribution < 1.29 is 9.52 Å². The molecule has 4 rings (SSSR count). The van der Waals surface area contributed by atoms with Crippen LogP contribution in [-0.2, 0) is 6.42 Å². The Morgan fingerprint density at radius 1 is 0.968 bits per heavy atom. The fraction of sp³-hybridized carbons (Fsp3) is 0.167. The Balaban J connectivity index is 1.59. The summed E-state index contributed by atoms with van der Waals surface area (Å²) < 4.78 is 5.85. The summed E-state index contributed by atoms with van der Waals surface area (Å²) in [6.07, 6.45) is 3.88. The van der Waals surface area contributed by atoms with Gasteiger partial charge in [0.1, 0.15) is 5.69 Å². The quantitative estimate of drug-likeness (QED) is 0.491. The third-order valence-corrected chi connectivity index (χ3v) is 4.91. The van der Waals surface area contributed by atoms with Crippen molar-refractivity contribution in [2.45, 2.75) is 6.42 Å². The van der Waals surface area contributed by atoms with Gasteiger partial charge >= 0.3 is 0 Å². The van der Waals surface area contributed by atoms with E-state index in [1.807, 2.05) is 67.5 Å². The summed E-state index contributed by atoms with van der Waals surface area (Å²) in [7, 11) is 3.93. The topological polar surface area (TPSA) is 88.2 Å². The van der Waals surface area contributed by atoms with Crippen LogP contribution in [0.2, 0.25) is 0 Å². The van der Waals surface area contributed by atoms with Crippen LogP contribution < -0.4 is 0 Å². The molecule has 2 heterocycles. The molecule has 0 aliphatic rings. The van der Waals surface area contributed by atoms with Crippen molar-refractivity contribution in [3.8, 4) is 34.3 Å². The molecule has 7 nitrogen and oxygen atoms in total. The SMILES string of the molecule is C=C(c1ccc(-c2cncc(-c3nnc(-c4cccc(CCO)c4)o3)n2)cc1)N(C)C. The van der Waals surface area contributed by atoms with Gasteiger partial charge in [-0.25, -0.2) is 4.98 Å². The molecule has 0 spiro atoms. The molecular formula is C24H23N5O2. The molecule has 1 N–H and O–H groups in total. The maximum absolute atomic E-state index is 9.15. The maximum atomic E-state index is 9.15. The highest BCUT2D eigenvalue weighted by molar-refractivity contribution is 5.67. The van der Waals surface area contributed by atoms with Crippen molar-refractivity contribution in [1.82, 2.24) is 25.1 Å². The van der Waals surface area contributed by atoms with Crippen LogP contribution in [0.25, 0.3) is 40.0 Å². The number of aliphatic hydroxyl groups is 1. The van der Waals surface area contributed by atoms with Crippen LogP contribution in [0.5, 0.6) is 0 Å². The maximum Gasteiger partial charge on any atom is 0.268 e. The van der Waals surface area contributed by atoms with Gasteiger partial charge in [0.15, 0.2) is 0 Å². The van der Waals surface area contributed by atoms with Crippen molar-refractivity contribution >= 4 is 5.70 Å². The van der Waals surface area contributed by atoms with E-state index in [1.165, 1.54) is 0 Å². The van der Waals surface area contributed by atoms with E-state index < -0.39 is 0 Å². The second-order valence-corrected chi connectivity index (χ2v) is 7.29. The minimum absolute atomic E-state index is 0.0884. The van der Waals surface area contributed by atoms with Crippen LogP contribution in [0.1, 0.15) is 11.1 Å². The van der Waals surface area contributed by atoms with Crippen molar-refractivity contribution in [3.05, 3.63) is 78.6 Å². The average molecular weight is 413 g/mol. The van der Waals surface area contributed by atoms with E-state index in [0.717, 1.165) is 28.0 Å². The molecule has 0 bridgehead atoms. The van der Waals surface area contributed by atoms with Gasteiger partial charge in [-0.2, -0.15) is 0 Å². The summed E-state index contributed by atoms with van der Waals surface area (Å²) in [5.74, 6) is 0.697. The number of hydrogen-bond donors (Lipinski definition) is 1. The van der Waals surface area contributed by atoms with Gasteiger partial charge in [0, 0.05) is 37.5 Å². The van der Waals surface area contributed by atoms with Crippen molar-refractivity contribution in [2.75, 3.05) is 20.7 Å². The summed E-state index contributed by atoms with van der Waals surface area (Å²) in [6, 6.07) is 15.7. The van der Waals surface area contributed by atoms with Gasteiger partial charge < -0.3 is 14.4 Å². The van der Waals surface area contributed by atoms with E-state index in [9.17, 15) is 0 Å². The van der Waals surface area contributed by atoms with E-state index in [0.29, 0.717) is 29.6 Å². The summed E-state index contributed by atoms with van der Waals surface area (Å²) >= 11 is 0. The van der Waals surface area contributed by atoms with Gasteiger partial charge in [-0.1, -0.05) is 43.0 Å². The molecule has 0 saturated heterocycles. The van der Waals surface area contributed by atoms with Crippen LogP contribution in [0.15, 0.2) is 71.9 Å². The Bertz CT molecular complexity index is 1200. The first-order chi connectivity index (χ1) is 15.0. The predicted octanol–water partition coefficient (Wildman–Crippen LogP) is 3.93. The molecular weight excluding hydrogens is 390 g/mol. The molecule has 0 atom stereocenters. The molecule has 2 aromatic carbocycles. The molecule has 7 heteroatoms. The van der Waals surface area contributed by atoms with Gasteiger partial charge in [0.05, 0.1) is 18.1 Å². The Hall–Kier alpha value is -3.84. The van der Waals surface area contributed by atoms with E-state index in [2.05, 4.69) is 26.7 Å². The standard InChI is InChI=1S/C24H23N5O2/c1-16(29(2)3)18-7-9-19(10-8-18)21-14-25-15-22(26-21)24-28-27-23(31-24)20-6-4-5-17(13-20)11-12-30/h4-10,13-15,30H,1,11-12H2,2-3H3. The highest BCUT2D eigenvalue weighted by Gasteiger charge is 2.14. The monoisotopic (exact) mass is 413 g/mol. The number of benzene rings is 2. The first kappa shape index (κ1) is 20.4. The zero-order chi connectivity index (χ0) is 21.8. The highest BCUT2D eigenvalue weighted by Crippen LogP contribution is 2.26. The molecule has 0 unspecified atom stereocenters. The molecule has 4 aromatic rings. The van der Waals surface area contributed by atoms with E-state index in [-0.39, 0.29) is 6.61 Å². The fourth-order valence-corrected chi connectivity index (χ4v) is 3.13. The normalized spacial score (nSPS) is 10.8. The smallest absolute Gasteiger partial charge is 0.268 e. The zero-order valence-electron chi connectivity index (χ0n) is 17.5. The van der Waals surface area contributed by atoms with E-state index in [4.69, 9.17) is 9.52 Å². The van der Waals surface area contributed by atoms with Crippen LogP contribution >= 0.6 is 0 Å². The van der Waals surface area contributed by atoms with Gasteiger partial charge in [0.25, 0.3) is 5.89 Å². The molecule has 0 fully saturated rings. The Kier molecular flexibility index (Phi) is 5.86. The Labute approximate surface area is 180 Å². The Morgan fingerprint density at radius 3 is 2.45 bits per heavy atom. The number of aliphatic hydroxyl groups excluding tert-OH is 1. The lowest BCUT2D eigenvalue weighted by molar-refractivity contribution is 0.299. The van der Waals surface area contributed by atoms with Gasteiger partial charge in [-0.15, -0.1) is 10.2 Å². The van der Waals surface area contributed by atoms with Crippen molar-refractivity contribution in [2.24, 2.45) is 0 Å². The van der Waals surface area contributed by atoms with Gasteiger partial charge in [0.2, 0.25) is 5.89 Å². The first-order valence-corrected chi connectivity index (χ1v) is 9.88. The highest BCUT2D eigenvalue weighted by atomic mass is 16.4. The largest absolute Gasteiger partial charge is 0.415 e. The van der Waals surface area contributed by atoms with Crippen molar-refractivity contribution in [3.63, 3.8) is 0 Å². The predicted molar refractivity (Wildman–Crippen MR) is 120 cm³/mol. The number of nitrogens with zero attached hydrogens (tertiary/aromatic N) is 5. The van der Waals surface area contributed by atoms with Crippen LogP contribution in [0.3, 0.4) is 0 Å². The first-order valence-electron chi connectivity index (χ1n) is 9.88. The minimum atomic E-state index is 0.0884. The fourth-order valence-electron chi connectivity index (χ4n) is 3.13. The van der Waals surface area contributed by atoms with Crippen LogP contribution in [-0.4, -0.2) is 50.9 Å². The summed E-state index contributed by atoms with van der Waals surface area (Å²) in [5.41, 5.74) is 5.93. The molecule has 0 aliphatic heterocycles. The number of aromatic nitrogens is 4. The van der Waals surface area contributed by atoms with Gasteiger partial charge in [-0.05, 0) is 29.7 Å². The zero-order valence-corrected chi connectivity index (χ0v) is 17.5. The minimum Gasteiger partial charge on any atom is -0.415 e. The third kappa shape index (κ3) is 4.51. The van der Waals surface area contributed by atoms with E-state index >= 15 is 0 Å². The number of rotatable bonds is 7. The second-order valence-electron chi connectivity index (χ2n) is 7.29. The second kappa shape index (κ2) is 8.89. The third-order valence-electron chi connectivity index (χ3n) is 4.91. The molecule has 2 aromatic heterocycles. The van der Waals surface area contributed by atoms with Crippen LogP contribution in [0.4, 0.5) is 0 Å². The summed E-state index contributed by atoms with van der Waals surface area (Å²) in [6.45, 7) is 4.17. The molecule has 0 aliphatic carbocycles. The van der Waals surface area contributed by atoms with Gasteiger partial charge in [-0.3, -0.25) is 4.98 Å². The summed E-state index contributed by atoms with van der Waals surface area (Å²) in [5, 5.41) is 17.4. The molecule has 0 saturated carbocycles. The average Bonchev–Trinajstić information content (AvgIpc) is 3.30.